The second-order valence-electron chi connectivity index (χ2n) is 5.85. The Morgan fingerprint density at radius 3 is 2.64 bits per heavy atom. The lowest BCUT2D eigenvalue weighted by molar-refractivity contribution is -0.0149. The van der Waals surface area contributed by atoms with Gasteiger partial charge in [-0.25, -0.2) is 8.78 Å². The van der Waals surface area contributed by atoms with Gasteiger partial charge >= 0.3 is 0 Å². The molecule has 22 heavy (non-hydrogen) atoms. The summed E-state index contributed by atoms with van der Waals surface area (Å²) in [6.07, 6.45) is 0.918. The Hall–Kier alpha value is -1.16. The van der Waals surface area contributed by atoms with Crippen molar-refractivity contribution < 1.29 is 13.3 Å². The lowest BCUT2D eigenvalue weighted by atomic mass is 9.93. The highest BCUT2D eigenvalue weighted by molar-refractivity contribution is 7.89. The number of hydrogen-bond donors (Lipinski definition) is 1. The monoisotopic (exact) mass is 326 g/mol. The molecule has 0 heterocycles. The second-order valence-corrected chi connectivity index (χ2v) is 7.10. The molecule has 3 atom stereocenters. The number of hydrogen-bond acceptors (Lipinski definition) is 3. The van der Waals surface area contributed by atoms with Crippen molar-refractivity contribution in [1.82, 2.24) is 4.72 Å². The van der Waals surface area contributed by atoms with E-state index in [9.17, 15) is 18.6 Å². The first-order chi connectivity index (χ1) is 10.4. The standard InChI is InChI=1S/C16H20F2N2OS/c1-12-4-6-14(7-5-12)22(21)20-15(11-19)13-3-2-9-16(17,18)10-8-13/h4-7,13,15,20H,2-3,8-10H2,1H3/t13-,15-,22?/m1/s1. The maximum absolute atomic E-state index is 13.4. The molecule has 120 valence electrons. The maximum Gasteiger partial charge on any atom is 0.248 e. The van der Waals surface area contributed by atoms with Gasteiger partial charge in [0.15, 0.2) is 4.90 Å². The van der Waals surface area contributed by atoms with Crippen LogP contribution in [0.15, 0.2) is 29.2 Å². The van der Waals surface area contributed by atoms with Crippen LogP contribution in [0.3, 0.4) is 0 Å². The van der Waals surface area contributed by atoms with E-state index in [2.05, 4.69) is 10.8 Å². The van der Waals surface area contributed by atoms with E-state index in [0.29, 0.717) is 17.7 Å². The van der Waals surface area contributed by atoms with Crippen molar-refractivity contribution >= 4 is 11.4 Å². The number of halogens is 2. The smallest absolute Gasteiger partial charge is 0.248 e. The number of rotatable bonds is 4. The summed E-state index contributed by atoms with van der Waals surface area (Å²) >= 11 is -1.51. The Morgan fingerprint density at radius 2 is 2.00 bits per heavy atom. The van der Waals surface area contributed by atoms with Gasteiger partial charge in [-0.1, -0.05) is 17.7 Å². The van der Waals surface area contributed by atoms with Crippen molar-refractivity contribution in [3.8, 4) is 6.07 Å². The van der Waals surface area contributed by atoms with Gasteiger partial charge in [0.25, 0.3) is 0 Å². The number of nitriles is 1. The van der Waals surface area contributed by atoms with Crippen LogP contribution in [-0.4, -0.2) is 16.5 Å². The van der Waals surface area contributed by atoms with Crippen molar-refractivity contribution in [1.29, 1.82) is 5.26 Å². The average Bonchev–Trinajstić information content (AvgIpc) is 2.66. The molecule has 0 radical (unpaired) electrons. The molecule has 1 saturated carbocycles. The molecule has 2 rings (SSSR count). The van der Waals surface area contributed by atoms with Gasteiger partial charge in [-0.15, -0.1) is 4.72 Å². The first kappa shape index (κ1) is 17.2. The summed E-state index contributed by atoms with van der Waals surface area (Å²) < 4.78 is 41.9. The predicted octanol–water partition coefficient (Wildman–Crippen LogP) is 3.72. The van der Waals surface area contributed by atoms with Crippen molar-refractivity contribution in [2.45, 2.75) is 55.9 Å². The Kier molecular flexibility index (Phi) is 5.79. The zero-order chi connectivity index (χ0) is 16.2. The molecule has 1 fully saturated rings. The zero-order valence-corrected chi connectivity index (χ0v) is 13.3. The van der Waals surface area contributed by atoms with Gasteiger partial charge in [-0.2, -0.15) is 5.26 Å². The highest BCUT2D eigenvalue weighted by Crippen LogP contribution is 2.35. The Labute approximate surface area is 133 Å². The number of alkyl halides is 2. The van der Waals surface area contributed by atoms with Crippen molar-refractivity contribution in [2.24, 2.45) is 5.92 Å². The van der Waals surface area contributed by atoms with E-state index in [0.717, 1.165) is 5.56 Å². The molecule has 1 N–H and O–H groups in total. The molecule has 0 amide bonds. The fourth-order valence-corrected chi connectivity index (χ4v) is 3.69. The fraction of sp³-hybridized carbons (Fsp3) is 0.562. The van der Waals surface area contributed by atoms with E-state index < -0.39 is 23.3 Å². The van der Waals surface area contributed by atoms with E-state index in [1.54, 1.807) is 12.1 Å². The van der Waals surface area contributed by atoms with Crippen LogP contribution in [0.1, 0.15) is 37.7 Å². The molecule has 0 aromatic heterocycles. The van der Waals surface area contributed by atoms with Crippen molar-refractivity contribution in [3.63, 3.8) is 0 Å². The van der Waals surface area contributed by atoms with E-state index in [4.69, 9.17) is 0 Å². The van der Waals surface area contributed by atoms with Crippen LogP contribution in [0.4, 0.5) is 8.78 Å². The number of nitrogens with one attached hydrogen (secondary N) is 1. The molecular formula is C16H20F2N2OS. The largest absolute Gasteiger partial charge is 0.593 e. The van der Waals surface area contributed by atoms with E-state index in [-0.39, 0.29) is 25.2 Å². The zero-order valence-electron chi connectivity index (χ0n) is 12.5. The fourth-order valence-electron chi connectivity index (χ4n) is 2.70. The minimum Gasteiger partial charge on any atom is -0.593 e. The van der Waals surface area contributed by atoms with E-state index in [1.165, 1.54) is 0 Å². The number of aryl methyl sites for hydroxylation is 1. The van der Waals surface area contributed by atoms with Crippen LogP contribution in [0.2, 0.25) is 0 Å². The van der Waals surface area contributed by atoms with Crippen LogP contribution >= 0.6 is 0 Å². The normalized spacial score (nSPS) is 24.0. The summed E-state index contributed by atoms with van der Waals surface area (Å²) in [5, 5.41) is 9.31. The van der Waals surface area contributed by atoms with E-state index in [1.807, 2.05) is 19.1 Å². The van der Waals surface area contributed by atoms with E-state index >= 15 is 0 Å². The lowest BCUT2D eigenvalue weighted by Crippen LogP contribution is -2.39. The van der Waals surface area contributed by atoms with Gasteiger partial charge < -0.3 is 4.55 Å². The third-order valence-electron chi connectivity index (χ3n) is 4.08. The Balaban J connectivity index is 1.99. The highest BCUT2D eigenvalue weighted by Gasteiger charge is 2.36. The first-order valence-electron chi connectivity index (χ1n) is 7.43. The average molecular weight is 326 g/mol. The summed E-state index contributed by atoms with van der Waals surface area (Å²) in [4.78, 5) is 0.588. The van der Waals surface area contributed by atoms with Gasteiger partial charge in [0.05, 0.1) is 17.4 Å². The molecule has 0 aliphatic heterocycles. The minimum atomic E-state index is -2.63. The third kappa shape index (κ3) is 4.67. The summed E-state index contributed by atoms with van der Waals surface area (Å²) in [5.74, 6) is -2.82. The quantitative estimate of drug-likeness (QED) is 0.678. The first-order valence-corrected chi connectivity index (χ1v) is 8.58. The van der Waals surface area contributed by atoms with Crippen LogP contribution in [0.25, 0.3) is 0 Å². The van der Waals surface area contributed by atoms with Crippen molar-refractivity contribution in [2.75, 3.05) is 0 Å². The summed E-state index contributed by atoms with van der Waals surface area (Å²) in [6, 6.07) is 8.61. The molecule has 0 spiro atoms. The molecule has 0 bridgehead atoms. The molecule has 1 aromatic rings. The maximum atomic E-state index is 13.4. The van der Waals surface area contributed by atoms with Gasteiger partial charge in [-0.3, -0.25) is 0 Å². The molecule has 3 nitrogen and oxygen atoms in total. The summed E-state index contributed by atoms with van der Waals surface area (Å²) in [7, 11) is 0. The highest BCUT2D eigenvalue weighted by atomic mass is 32.2. The molecule has 1 aliphatic rings. The number of benzene rings is 1. The minimum absolute atomic E-state index is 0.122. The number of nitrogens with zero attached hydrogens (tertiary/aromatic N) is 1. The van der Waals surface area contributed by atoms with Gasteiger partial charge in [-0.05, 0) is 44.2 Å². The summed E-state index contributed by atoms with van der Waals surface area (Å²) in [6.45, 7) is 1.93. The Bertz CT molecular complexity index is 530. The molecule has 1 aromatic carbocycles. The Morgan fingerprint density at radius 1 is 1.32 bits per heavy atom. The molecule has 1 aliphatic carbocycles. The predicted molar refractivity (Wildman–Crippen MR) is 81.6 cm³/mol. The van der Waals surface area contributed by atoms with Gasteiger partial charge in [0.2, 0.25) is 5.92 Å². The van der Waals surface area contributed by atoms with Gasteiger partial charge in [0.1, 0.15) is 6.04 Å². The second kappa shape index (κ2) is 7.40. The third-order valence-corrected chi connectivity index (χ3v) is 5.25. The van der Waals surface area contributed by atoms with Crippen LogP contribution in [-0.2, 0) is 11.4 Å². The van der Waals surface area contributed by atoms with Crippen molar-refractivity contribution in [3.05, 3.63) is 29.8 Å². The van der Waals surface area contributed by atoms with Gasteiger partial charge in [0, 0.05) is 12.8 Å². The molecule has 1 unspecified atom stereocenters. The van der Waals surface area contributed by atoms with Crippen LogP contribution < -0.4 is 4.72 Å². The molecular weight excluding hydrogens is 306 g/mol. The molecule has 0 saturated heterocycles. The molecule has 6 heteroatoms. The van der Waals surface area contributed by atoms with Crippen LogP contribution in [0.5, 0.6) is 0 Å². The van der Waals surface area contributed by atoms with Crippen LogP contribution in [0, 0.1) is 24.2 Å². The SMILES string of the molecule is Cc1ccc([S+]([O-])N[C@H](C#N)[C@@H]2CCCC(F)(F)CC2)cc1. The topological polar surface area (TPSA) is 58.9 Å². The summed E-state index contributed by atoms with van der Waals surface area (Å²) in [5.41, 5.74) is 1.06. The lowest BCUT2D eigenvalue weighted by Gasteiger charge is -2.22.